The van der Waals surface area contributed by atoms with Crippen LogP contribution < -0.4 is 5.32 Å². The van der Waals surface area contributed by atoms with E-state index in [1.165, 1.54) is 0 Å². The van der Waals surface area contributed by atoms with Gasteiger partial charge in [0.1, 0.15) is 11.6 Å². The first-order chi connectivity index (χ1) is 12.5. The third kappa shape index (κ3) is 8.05. The van der Waals surface area contributed by atoms with Crippen LogP contribution >= 0.6 is 0 Å². The second kappa shape index (κ2) is 10.4. The van der Waals surface area contributed by atoms with Crippen LogP contribution in [0.2, 0.25) is 0 Å². The van der Waals surface area contributed by atoms with Crippen molar-refractivity contribution in [3.63, 3.8) is 0 Å². The van der Waals surface area contributed by atoms with Gasteiger partial charge >= 0.3 is 12.2 Å². The standard InChI is InChI=1S/C19H35N3O5/c1-7-8-13-26-18(25)22-11-9-21(10-12-22)16(23)15(14(2)3)20-17(24)27-19(4,5)6/h14-15H,7-13H2,1-6H3,(H,20,24)/t15-/m0/s1. The van der Waals surface area contributed by atoms with Crippen LogP contribution in [0.15, 0.2) is 0 Å². The Morgan fingerprint density at radius 1 is 1.04 bits per heavy atom. The summed E-state index contributed by atoms with van der Waals surface area (Å²) in [7, 11) is 0. The Bertz CT molecular complexity index is 508. The Labute approximate surface area is 162 Å². The van der Waals surface area contributed by atoms with E-state index in [1.54, 1.807) is 30.6 Å². The molecule has 0 aromatic heterocycles. The summed E-state index contributed by atoms with van der Waals surface area (Å²) in [5, 5.41) is 2.68. The lowest BCUT2D eigenvalue weighted by Crippen LogP contribution is -2.57. The minimum Gasteiger partial charge on any atom is -0.449 e. The monoisotopic (exact) mass is 385 g/mol. The molecule has 3 amide bonds. The number of piperazine rings is 1. The van der Waals surface area contributed by atoms with Gasteiger partial charge in [-0.3, -0.25) is 4.79 Å². The molecule has 0 saturated carbocycles. The molecule has 1 N–H and O–H groups in total. The normalized spacial score (nSPS) is 16.1. The number of nitrogens with one attached hydrogen (secondary N) is 1. The summed E-state index contributed by atoms with van der Waals surface area (Å²) >= 11 is 0. The first kappa shape index (κ1) is 23.0. The average Bonchev–Trinajstić information content (AvgIpc) is 2.57. The van der Waals surface area contributed by atoms with Gasteiger partial charge < -0.3 is 24.6 Å². The van der Waals surface area contributed by atoms with E-state index >= 15 is 0 Å². The third-order valence-corrected chi connectivity index (χ3v) is 4.18. The maximum atomic E-state index is 12.8. The molecule has 0 aromatic carbocycles. The zero-order chi connectivity index (χ0) is 20.6. The molecule has 0 spiro atoms. The Morgan fingerprint density at radius 3 is 2.07 bits per heavy atom. The Kier molecular flexibility index (Phi) is 8.85. The highest BCUT2D eigenvalue weighted by molar-refractivity contribution is 5.86. The van der Waals surface area contributed by atoms with Gasteiger partial charge in [-0.25, -0.2) is 9.59 Å². The first-order valence-electron chi connectivity index (χ1n) is 9.75. The van der Waals surface area contributed by atoms with Crippen molar-refractivity contribution < 1.29 is 23.9 Å². The molecule has 1 aliphatic rings. The maximum absolute atomic E-state index is 12.8. The topological polar surface area (TPSA) is 88.2 Å². The largest absolute Gasteiger partial charge is 0.449 e. The SMILES string of the molecule is CCCCOC(=O)N1CCN(C(=O)[C@@H](NC(=O)OC(C)(C)C)C(C)C)CC1. The van der Waals surface area contributed by atoms with Crippen LogP contribution in [-0.4, -0.2) is 72.3 Å². The molecule has 1 fully saturated rings. The van der Waals surface area contributed by atoms with Gasteiger partial charge in [0.25, 0.3) is 0 Å². The highest BCUT2D eigenvalue weighted by Gasteiger charge is 2.33. The molecular weight excluding hydrogens is 350 g/mol. The molecule has 1 rings (SSSR count). The van der Waals surface area contributed by atoms with Gasteiger partial charge in [-0.1, -0.05) is 27.2 Å². The summed E-state index contributed by atoms with van der Waals surface area (Å²) in [5.41, 5.74) is -0.627. The van der Waals surface area contributed by atoms with Crippen molar-refractivity contribution in [1.82, 2.24) is 15.1 Å². The van der Waals surface area contributed by atoms with Crippen molar-refractivity contribution in [2.75, 3.05) is 32.8 Å². The van der Waals surface area contributed by atoms with Gasteiger partial charge in [0.2, 0.25) is 5.91 Å². The summed E-state index contributed by atoms with van der Waals surface area (Å²) in [6.45, 7) is 13.2. The van der Waals surface area contributed by atoms with E-state index in [9.17, 15) is 14.4 Å². The van der Waals surface area contributed by atoms with E-state index in [1.807, 2.05) is 20.8 Å². The van der Waals surface area contributed by atoms with Crippen LogP contribution in [0.1, 0.15) is 54.4 Å². The molecule has 1 saturated heterocycles. The van der Waals surface area contributed by atoms with E-state index in [-0.39, 0.29) is 17.9 Å². The van der Waals surface area contributed by atoms with Crippen molar-refractivity contribution >= 4 is 18.1 Å². The van der Waals surface area contributed by atoms with Crippen molar-refractivity contribution in [2.45, 2.75) is 66.0 Å². The minimum atomic E-state index is -0.664. The second-order valence-electron chi connectivity index (χ2n) is 8.15. The van der Waals surface area contributed by atoms with Gasteiger partial charge in [-0.05, 0) is 33.1 Å². The van der Waals surface area contributed by atoms with Gasteiger partial charge in [0.15, 0.2) is 0 Å². The van der Waals surface area contributed by atoms with Crippen molar-refractivity contribution in [2.24, 2.45) is 5.92 Å². The fourth-order valence-electron chi connectivity index (χ4n) is 2.65. The van der Waals surface area contributed by atoms with Crippen molar-refractivity contribution in [1.29, 1.82) is 0 Å². The summed E-state index contributed by atoms with van der Waals surface area (Å²) < 4.78 is 10.5. The number of alkyl carbamates (subject to hydrolysis) is 1. The van der Waals surface area contributed by atoms with Gasteiger partial charge in [0.05, 0.1) is 6.61 Å². The summed E-state index contributed by atoms with van der Waals surface area (Å²) in [6.07, 6.45) is 0.878. The molecule has 8 heteroatoms. The van der Waals surface area contributed by atoms with E-state index < -0.39 is 17.7 Å². The smallest absolute Gasteiger partial charge is 0.409 e. The predicted molar refractivity (Wildman–Crippen MR) is 102 cm³/mol. The molecule has 0 bridgehead atoms. The summed E-state index contributed by atoms with van der Waals surface area (Å²) in [4.78, 5) is 40.2. The van der Waals surface area contributed by atoms with Crippen molar-refractivity contribution in [3.8, 4) is 0 Å². The van der Waals surface area contributed by atoms with Crippen LogP contribution in [0, 0.1) is 5.92 Å². The molecule has 0 radical (unpaired) electrons. The molecule has 156 valence electrons. The van der Waals surface area contributed by atoms with E-state index in [0.29, 0.717) is 32.8 Å². The Hall–Kier alpha value is -1.99. The number of nitrogens with zero attached hydrogens (tertiary/aromatic N) is 2. The van der Waals surface area contributed by atoms with E-state index in [0.717, 1.165) is 12.8 Å². The number of carbonyl (C=O) groups excluding carboxylic acids is 3. The van der Waals surface area contributed by atoms with Crippen LogP contribution in [0.3, 0.4) is 0 Å². The zero-order valence-corrected chi connectivity index (χ0v) is 17.5. The molecule has 8 nitrogen and oxygen atoms in total. The van der Waals surface area contributed by atoms with Crippen LogP contribution in [0.25, 0.3) is 0 Å². The molecule has 0 aromatic rings. The van der Waals surface area contributed by atoms with Crippen molar-refractivity contribution in [3.05, 3.63) is 0 Å². The number of rotatable bonds is 6. The summed E-state index contributed by atoms with van der Waals surface area (Å²) in [5.74, 6) is -0.239. The number of amides is 3. The molecule has 0 aliphatic carbocycles. The second-order valence-corrected chi connectivity index (χ2v) is 8.15. The first-order valence-corrected chi connectivity index (χ1v) is 9.75. The predicted octanol–water partition coefficient (Wildman–Crippen LogP) is 2.62. The highest BCUT2D eigenvalue weighted by Crippen LogP contribution is 2.13. The van der Waals surface area contributed by atoms with Crippen LogP contribution in [0.5, 0.6) is 0 Å². The average molecular weight is 386 g/mol. The minimum absolute atomic E-state index is 0.0814. The number of hydrogen-bond acceptors (Lipinski definition) is 5. The molecule has 27 heavy (non-hydrogen) atoms. The van der Waals surface area contributed by atoms with Crippen LogP contribution in [-0.2, 0) is 14.3 Å². The molecule has 1 heterocycles. The third-order valence-electron chi connectivity index (χ3n) is 4.18. The fraction of sp³-hybridized carbons (Fsp3) is 0.842. The Morgan fingerprint density at radius 2 is 1.59 bits per heavy atom. The zero-order valence-electron chi connectivity index (χ0n) is 17.5. The van der Waals surface area contributed by atoms with Gasteiger partial charge in [0, 0.05) is 26.2 Å². The Balaban J connectivity index is 2.56. The lowest BCUT2D eigenvalue weighted by Gasteiger charge is -2.36. The number of hydrogen-bond donors (Lipinski definition) is 1. The lowest BCUT2D eigenvalue weighted by atomic mass is 10.0. The van der Waals surface area contributed by atoms with Gasteiger partial charge in [-0.15, -0.1) is 0 Å². The van der Waals surface area contributed by atoms with Crippen LogP contribution in [0.4, 0.5) is 9.59 Å². The quantitative estimate of drug-likeness (QED) is 0.710. The number of unbranched alkanes of at least 4 members (excludes halogenated alkanes) is 1. The molecule has 1 atom stereocenters. The number of ether oxygens (including phenoxy) is 2. The lowest BCUT2D eigenvalue weighted by molar-refractivity contribution is -0.136. The summed E-state index contributed by atoms with van der Waals surface area (Å²) in [6, 6.07) is -0.664. The molecular formula is C19H35N3O5. The van der Waals surface area contributed by atoms with Gasteiger partial charge in [-0.2, -0.15) is 0 Å². The highest BCUT2D eigenvalue weighted by atomic mass is 16.6. The fourth-order valence-corrected chi connectivity index (χ4v) is 2.65. The molecule has 1 aliphatic heterocycles. The van der Waals surface area contributed by atoms with E-state index in [2.05, 4.69) is 5.32 Å². The van der Waals surface area contributed by atoms with E-state index in [4.69, 9.17) is 9.47 Å². The molecule has 0 unspecified atom stereocenters. The number of carbonyl (C=O) groups is 3. The maximum Gasteiger partial charge on any atom is 0.409 e.